The summed E-state index contributed by atoms with van der Waals surface area (Å²) in [5, 5.41) is 3.43. The first-order valence-electron chi connectivity index (χ1n) is 7.91. The van der Waals surface area contributed by atoms with Gasteiger partial charge in [-0.15, -0.1) is 0 Å². The molecule has 0 unspecified atom stereocenters. The smallest absolute Gasteiger partial charge is 0.194 e. The second kappa shape index (κ2) is 7.30. The van der Waals surface area contributed by atoms with Gasteiger partial charge in [-0.2, -0.15) is 0 Å². The van der Waals surface area contributed by atoms with Crippen LogP contribution in [0.5, 0.6) is 0 Å². The number of aliphatic imine (C=N–C) groups is 1. The summed E-state index contributed by atoms with van der Waals surface area (Å²) in [6.07, 6.45) is 3.45. The first-order chi connectivity index (χ1) is 9.36. The molecule has 0 aliphatic carbocycles. The minimum absolute atomic E-state index is 0.171. The van der Waals surface area contributed by atoms with Crippen LogP contribution in [0, 0.1) is 5.41 Å². The molecule has 4 heteroatoms. The number of nitrogens with zero attached hydrogens (tertiary/aromatic N) is 2. The highest BCUT2D eigenvalue weighted by Gasteiger charge is 2.53. The quantitative estimate of drug-likeness (QED) is 0.443. The zero-order valence-electron chi connectivity index (χ0n) is 14.3. The summed E-state index contributed by atoms with van der Waals surface area (Å²) >= 11 is 0. The van der Waals surface area contributed by atoms with E-state index in [0.717, 1.165) is 45.0 Å². The third-order valence-electron chi connectivity index (χ3n) is 4.74. The maximum atomic E-state index is 5.07. The molecule has 20 heavy (non-hydrogen) atoms. The second-order valence-corrected chi connectivity index (χ2v) is 6.82. The molecule has 1 aliphatic rings. The van der Waals surface area contributed by atoms with E-state index in [4.69, 9.17) is 9.73 Å². The Bertz CT molecular complexity index is 324. The number of nitrogens with one attached hydrogen (secondary N) is 1. The van der Waals surface area contributed by atoms with Crippen molar-refractivity contribution in [3.8, 4) is 0 Å². The molecule has 1 aliphatic heterocycles. The van der Waals surface area contributed by atoms with Gasteiger partial charge in [0.05, 0.1) is 0 Å². The van der Waals surface area contributed by atoms with Crippen LogP contribution in [-0.4, -0.2) is 49.7 Å². The molecule has 1 rings (SSSR count). The van der Waals surface area contributed by atoms with E-state index < -0.39 is 0 Å². The SMILES string of the molecule is CCNC(=NCCCCCOC)N1CC(C)(C)C1(C)C. The largest absolute Gasteiger partial charge is 0.385 e. The third kappa shape index (κ3) is 3.87. The first kappa shape index (κ1) is 17.3. The highest BCUT2D eigenvalue weighted by Crippen LogP contribution is 2.46. The second-order valence-electron chi connectivity index (χ2n) is 6.82. The summed E-state index contributed by atoms with van der Waals surface area (Å²) in [6.45, 7) is 15.2. The normalized spacial score (nSPS) is 20.7. The van der Waals surface area contributed by atoms with Gasteiger partial charge in [-0.05, 0) is 40.0 Å². The van der Waals surface area contributed by atoms with Crippen molar-refractivity contribution in [3.05, 3.63) is 0 Å². The van der Waals surface area contributed by atoms with E-state index >= 15 is 0 Å². The predicted molar refractivity (Wildman–Crippen MR) is 86.3 cm³/mol. The molecule has 4 nitrogen and oxygen atoms in total. The zero-order valence-corrected chi connectivity index (χ0v) is 14.3. The van der Waals surface area contributed by atoms with E-state index in [9.17, 15) is 0 Å². The molecule has 1 heterocycles. The Kier molecular flexibility index (Phi) is 6.31. The van der Waals surface area contributed by atoms with Crippen LogP contribution in [0.1, 0.15) is 53.9 Å². The van der Waals surface area contributed by atoms with Crippen LogP contribution < -0.4 is 5.32 Å². The van der Waals surface area contributed by atoms with E-state index in [1.165, 1.54) is 6.42 Å². The predicted octanol–water partition coefficient (Wildman–Crippen LogP) is 2.89. The molecule has 1 fully saturated rings. The van der Waals surface area contributed by atoms with Crippen LogP contribution in [0.25, 0.3) is 0 Å². The van der Waals surface area contributed by atoms with Crippen LogP contribution >= 0.6 is 0 Å². The van der Waals surface area contributed by atoms with E-state index in [1.54, 1.807) is 7.11 Å². The summed E-state index contributed by atoms with van der Waals surface area (Å²) in [6, 6.07) is 0. The Morgan fingerprint density at radius 1 is 1.20 bits per heavy atom. The van der Waals surface area contributed by atoms with Gasteiger partial charge in [0.25, 0.3) is 0 Å². The summed E-state index contributed by atoms with van der Waals surface area (Å²) in [7, 11) is 1.76. The van der Waals surface area contributed by atoms with E-state index in [1.807, 2.05) is 0 Å². The minimum Gasteiger partial charge on any atom is -0.385 e. The van der Waals surface area contributed by atoms with Crippen molar-refractivity contribution in [2.24, 2.45) is 10.4 Å². The summed E-state index contributed by atoms with van der Waals surface area (Å²) in [5.41, 5.74) is 0.520. The monoisotopic (exact) mass is 283 g/mol. The number of guanidine groups is 1. The lowest BCUT2D eigenvalue weighted by molar-refractivity contribution is -0.0667. The zero-order chi connectivity index (χ0) is 15.2. The molecule has 0 spiro atoms. The lowest BCUT2D eigenvalue weighted by atomic mass is 9.65. The third-order valence-corrected chi connectivity index (χ3v) is 4.74. The van der Waals surface area contributed by atoms with Gasteiger partial charge in [0.15, 0.2) is 5.96 Å². The summed E-state index contributed by atoms with van der Waals surface area (Å²) in [4.78, 5) is 7.19. The highest BCUT2D eigenvalue weighted by atomic mass is 16.5. The lowest BCUT2D eigenvalue weighted by Gasteiger charge is -2.62. The Labute approximate surface area is 125 Å². The lowest BCUT2D eigenvalue weighted by Crippen LogP contribution is -2.72. The van der Waals surface area contributed by atoms with Crippen molar-refractivity contribution in [1.29, 1.82) is 0 Å². The Morgan fingerprint density at radius 2 is 1.90 bits per heavy atom. The van der Waals surface area contributed by atoms with Gasteiger partial charge in [-0.1, -0.05) is 13.8 Å². The van der Waals surface area contributed by atoms with Crippen molar-refractivity contribution in [2.45, 2.75) is 59.4 Å². The molecule has 0 aromatic rings. The van der Waals surface area contributed by atoms with Crippen LogP contribution in [0.4, 0.5) is 0 Å². The van der Waals surface area contributed by atoms with Crippen molar-refractivity contribution >= 4 is 5.96 Å². The van der Waals surface area contributed by atoms with Crippen LogP contribution in [0.3, 0.4) is 0 Å². The fraction of sp³-hybridized carbons (Fsp3) is 0.938. The number of unbranched alkanes of at least 4 members (excludes halogenated alkanes) is 2. The van der Waals surface area contributed by atoms with Crippen LogP contribution in [0.15, 0.2) is 4.99 Å². The van der Waals surface area contributed by atoms with Gasteiger partial charge in [0, 0.05) is 44.3 Å². The molecule has 0 bridgehead atoms. The van der Waals surface area contributed by atoms with Gasteiger partial charge in [-0.25, -0.2) is 0 Å². The summed E-state index contributed by atoms with van der Waals surface area (Å²) in [5.74, 6) is 1.07. The fourth-order valence-corrected chi connectivity index (χ4v) is 2.51. The number of hydrogen-bond donors (Lipinski definition) is 1. The van der Waals surface area contributed by atoms with Gasteiger partial charge in [0.2, 0.25) is 0 Å². The number of hydrogen-bond acceptors (Lipinski definition) is 2. The maximum absolute atomic E-state index is 5.07. The Hall–Kier alpha value is -0.770. The average molecular weight is 283 g/mol. The van der Waals surface area contributed by atoms with E-state index in [-0.39, 0.29) is 5.54 Å². The van der Waals surface area contributed by atoms with Crippen molar-refractivity contribution < 1.29 is 4.74 Å². The number of ether oxygens (including phenoxy) is 1. The Morgan fingerprint density at radius 3 is 2.40 bits per heavy atom. The van der Waals surface area contributed by atoms with Gasteiger partial charge >= 0.3 is 0 Å². The van der Waals surface area contributed by atoms with Gasteiger partial charge < -0.3 is 15.0 Å². The molecule has 0 aromatic heterocycles. The maximum Gasteiger partial charge on any atom is 0.194 e. The molecule has 0 atom stereocenters. The van der Waals surface area contributed by atoms with Crippen molar-refractivity contribution in [1.82, 2.24) is 10.2 Å². The minimum atomic E-state index is 0.171. The number of likely N-dealkylation sites (tertiary alicyclic amines) is 1. The molecule has 0 radical (unpaired) electrons. The van der Waals surface area contributed by atoms with Crippen molar-refractivity contribution in [2.75, 3.05) is 33.4 Å². The standard InChI is InChI=1S/C16H33N3O/c1-7-17-14(18-11-9-8-10-12-20-6)19-13-15(2,3)16(19,4)5/h7-13H2,1-6H3,(H,17,18). The molecule has 0 saturated carbocycles. The first-order valence-corrected chi connectivity index (χ1v) is 7.91. The van der Waals surface area contributed by atoms with Gasteiger partial charge in [-0.3, -0.25) is 4.99 Å². The average Bonchev–Trinajstić information content (AvgIpc) is 2.39. The number of rotatable bonds is 7. The molecule has 0 aromatic carbocycles. The van der Waals surface area contributed by atoms with Crippen LogP contribution in [0.2, 0.25) is 0 Å². The molecule has 1 saturated heterocycles. The molecule has 118 valence electrons. The highest BCUT2D eigenvalue weighted by molar-refractivity contribution is 5.82. The Balaban J connectivity index is 2.49. The van der Waals surface area contributed by atoms with Gasteiger partial charge in [0.1, 0.15) is 0 Å². The van der Waals surface area contributed by atoms with Crippen LogP contribution in [-0.2, 0) is 4.74 Å². The summed E-state index contributed by atoms with van der Waals surface area (Å²) < 4.78 is 5.07. The topological polar surface area (TPSA) is 36.9 Å². The fourth-order valence-electron chi connectivity index (χ4n) is 2.51. The van der Waals surface area contributed by atoms with Crippen molar-refractivity contribution in [3.63, 3.8) is 0 Å². The molecular formula is C16H33N3O. The number of methoxy groups -OCH3 is 1. The molecule has 1 N–H and O–H groups in total. The molecule has 0 amide bonds. The van der Waals surface area contributed by atoms with E-state index in [0.29, 0.717) is 5.41 Å². The van der Waals surface area contributed by atoms with E-state index in [2.05, 4.69) is 44.8 Å². The molecular weight excluding hydrogens is 250 g/mol.